The molecule has 0 radical (unpaired) electrons. The quantitative estimate of drug-likeness (QED) is 0.688. The first-order valence-electron chi connectivity index (χ1n) is 4.49. The summed E-state index contributed by atoms with van der Waals surface area (Å²) in [6, 6.07) is 0. The van der Waals surface area contributed by atoms with Crippen molar-refractivity contribution in [2.45, 2.75) is 18.8 Å². The van der Waals surface area contributed by atoms with E-state index in [0.717, 1.165) is 37.4 Å². The van der Waals surface area contributed by atoms with Crippen molar-refractivity contribution in [2.24, 2.45) is 0 Å². The van der Waals surface area contributed by atoms with E-state index in [9.17, 15) is 4.79 Å². The molecular weight excluding hydrogens is 168 g/mol. The van der Waals surface area contributed by atoms with E-state index >= 15 is 0 Å². The summed E-state index contributed by atoms with van der Waals surface area (Å²) in [5.74, 6) is 1.15. The molecule has 0 bridgehead atoms. The van der Waals surface area contributed by atoms with E-state index in [1.807, 2.05) is 0 Å². The van der Waals surface area contributed by atoms with Crippen LogP contribution in [0.5, 0.6) is 0 Å². The fourth-order valence-electron chi connectivity index (χ4n) is 1.55. The number of aldehydes is 1. The molecular formula is C9H12N2O2. The second kappa shape index (κ2) is 3.70. The Balaban J connectivity index is 2.07. The molecule has 0 amide bonds. The van der Waals surface area contributed by atoms with Gasteiger partial charge in [0.05, 0.1) is 5.69 Å². The number of rotatable bonds is 3. The smallest absolute Gasteiger partial charge is 0.198 e. The third-order valence-electron chi connectivity index (χ3n) is 2.27. The summed E-state index contributed by atoms with van der Waals surface area (Å²) in [4.78, 5) is 14.5. The highest BCUT2D eigenvalue weighted by Crippen LogP contribution is 2.21. The van der Waals surface area contributed by atoms with Gasteiger partial charge in [0.25, 0.3) is 0 Å². The highest BCUT2D eigenvalue weighted by atomic mass is 16.3. The third-order valence-corrected chi connectivity index (χ3v) is 2.27. The highest BCUT2D eigenvalue weighted by Gasteiger charge is 2.21. The molecule has 2 rings (SSSR count). The van der Waals surface area contributed by atoms with E-state index < -0.39 is 0 Å². The minimum Gasteiger partial charge on any atom is -0.448 e. The van der Waals surface area contributed by atoms with E-state index in [0.29, 0.717) is 12.3 Å². The number of carbonyl (C=O) groups is 1. The molecule has 2 heterocycles. The van der Waals surface area contributed by atoms with Crippen LogP contribution in [0.15, 0.2) is 10.7 Å². The molecule has 1 N–H and O–H groups in total. The van der Waals surface area contributed by atoms with Gasteiger partial charge in [0, 0.05) is 18.9 Å². The van der Waals surface area contributed by atoms with E-state index in [2.05, 4.69) is 10.3 Å². The average Bonchev–Trinajstić information content (AvgIpc) is 2.70. The van der Waals surface area contributed by atoms with Crippen LogP contribution in [0.3, 0.4) is 0 Å². The molecule has 4 nitrogen and oxygen atoms in total. The van der Waals surface area contributed by atoms with Crippen molar-refractivity contribution in [3.05, 3.63) is 17.8 Å². The predicted molar refractivity (Wildman–Crippen MR) is 46.5 cm³/mol. The van der Waals surface area contributed by atoms with Crippen molar-refractivity contribution >= 4 is 6.29 Å². The molecule has 0 spiro atoms. The maximum absolute atomic E-state index is 10.2. The summed E-state index contributed by atoms with van der Waals surface area (Å²) in [5.41, 5.74) is 0.733. The first-order valence-corrected chi connectivity index (χ1v) is 4.49. The van der Waals surface area contributed by atoms with Gasteiger partial charge in [-0.1, -0.05) is 0 Å². The van der Waals surface area contributed by atoms with E-state index in [4.69, 9.17) is 4.42 Å². The van der Waals surface area contributed by atoms with Crippen LogP contribution in [0.4, 0.5) is 0 Å². The van der Waals surface area contributed by atoms with Gasteiger partial charge in [-0.25, -0.2) is 4.98 Å². The van der Waals surface area contributed by atoms with Crippen molar-refractivity contribution in [3.8, 4) is 0 Å². The second-order valence-corrected chi connectivity index (χ2v) is 3.24. The van der Waals surface area contributed by atoms with Crippen LogP contribution in [0.25, 0.3) is 0 Å². The maximum Gasteiger partial charge on any atom is 0.198 e. The van der Waals surface area contributed by atoms with Crippen molar-refractivity contribution in [1.82, 2.24) is 10.3 Å². The summed E-state index contributed by atoms with van der Waals surface area (Å²) < 4.78 is 5.29. The van der Waals surface area contributed by atoms with Crippen molar-refractivity contribution in [2.75, 3.05) is 13.1 Å². The molecule has 70 valence electrons. The molecule has 0 aliphatic carbocycles. The van der Waals surface area contributed by atoms with Crippen LogP contribution in [0.1, 0.15) is 23.9 Å². The van der Waals surface area contributed by atoms with Gasteiger partial charge in [-0.2, -0.15) is 0 Å². The first kappa shape index (κ1) is 8.44. The Bertz CT molecular complexity index is 290. The molecule has 1 aliphatic rings. The highest BCUT2D eigenvalue weighted by molar-refractivity contribution is 5.53. The van der Waals surface area contributed by atoms with Crippen LogP contribution in [0, 0.1) is 0 Å². The minimum absolute atomic E-state index is 0.351. The molecule has 1 unspecified atom stereocenters. The maximum atomic E-state index is 10.2. The lowest BCUT2D eigenvalue weighted by Gasteiger charge is -1.99. The van der Waals surface area contributed by atoms with E-state index in [1.54, 1.807) is 6.26 Å². The van der Waals surface area contributed by atoms with Gasteiger partial charge >= 0.3 is 0 Å². The lowest BCUT2D eigenvalue weighted by atomic mass is 10.1. The van der Waals surface area contributed by atoms with Crippen LogP contribution >= 0.6 is 0 Å². The van der Waals surface area contributed by atoms with Crippen LogP contribution in [0.2, 0.25) is 0 Å². The molecule has 1 aromatic rings. The third kappa shape index (κ3) is 1.78. The summed E-state index contributed by atoms with van der Waals surface area (Å²) in [6.45, 7) is 1.96. The van der Waals surface area contributed by atoms with Crippen molar-refractivity contribution < 1.29 is 9.21 Å². The normalized spacial score (nSPS) is 22.0. The molecule has 1 aromatic heterocycles. The zero-order valence-electron chi connectivity index (χ0n) is 7.32. The molecule has 0 aromatic carbocycles. The second-order valence-electron chi connectivity index (χ2n) is 3.24. The monoisotopic (exact) mass is 180 g/mol. The fraction of sp³-hybridized carbons (Fsp3) is 0.556. The van der Waals surface area contributed by atoms with Crippen LogP contribution in [-0.2, 0) is 11.2 Å². The van der Waals surface area contributed by atoms with Crippen molar-refractivity contribution in [1.29, 1.82) is 0 Å². The van der Waals surface area contributed by atoms with Crippen LogP contribution in [-0.4, -0.2) is 24.4 Å². The van der Waals surface area contributed by atoms with Gasteiger partial charge in [-0.15, -0.1) is 0 Å². The number of nitrogens with one attached hydrogen (secondary N) is 1. The standard InChI is InChI=1S/C9H12N2O2/c12-4-2-8-6-13-9(11-8)7-1-3-10-5-7/h4,6-7,10H,1-3,5H2. The molecule has 1 saturated heterocycles. The molecule has 1 aliphatic heterocycles. The Hall–Kier alpha value is -1.16. The summed E-state index contributed by atoms with van der Waals surface area (Å²) in [5, 5.41) is 3.24. The fourth-order valence-corrected chi connectivity index (χ4v) is 1.55. The number of nitrogens with zero attached hydrogens (tertiary/aromatic N) is 1. The van der Waals surface area contributed by atoms with Gasteiger partial charge in [-0.3, -0.25) is 0 Å². The average molecular weight is 180 g/mol. The molecule has 13 heavy (non-hydrogen) atoms. The number of hydrogen-bond donors (Lipinski definition) is 1. The number of hydrogen-bond acceptors (Lipinski definition) is 4. The minimum atomic E-state index is 0.351. The lowest BCUT2D eigenvalue weighted by Crippen LogP contribution is -2.08. The van der Waals surface area contributed by atoms with Crippen LogP contribution < -0.4 is 5.32 Å². The SMILES string of the molecule is O=CCc1coc(C2CCNC2)n1. The number of aromatic nitrogens is 1. The zero-order chi connectivity index (χ0) is 9.10. The van der Waals surface area contributed by atoms with Gasteiger partial charge < -0.3 is 14.5 Å². The summed E-state index contributed by atoms with van der Waals surface area (Å²) in [6.07, 6.45) is 3.83. The first-order chi connectivity index (χ1) is 6.40. The summed E-state index contributed by atoms with van der Waals surface area (Å²) >= 11 is 0. The Morgan fingerprint density at radius 2 is 2.69 bits per heavy atom. The Morgan fingerprint density at radius 3 is 3.38 bits per heavy atom. The largest absolute Gasteiger partial charge is 0.448 e. The van der Waals surface area contributed by atoms with Gasteiger partial charge in [0.15, 0.2) is 5.89 Å². The molecule has 0 saturated carbocycles. The Labute approximate surface area is 76.3 Å². The molecule has 1 atom stereocenters. The Kier molecular flexibility index (Phi) is 2.40. The van der Waals surface area contributed by atoms with Gasteiger partial charge in [0.2, 0.25) is 0 Å². The van der Waals surface area contributed by atoms with E-state index in [1.165, 1.54) is 0 Å². The lowest BCUT2D eigenvalue weighted by molar-refractivity contribution is -0.107. The van der Waals surface area contributed by atoms with Gasteiger partial charge in [-0.05, 0) is 13.0 Å². The topological polar surface area (TPSA) is 55.1 Å². The molecule has 4 heteroatoms. The Morgan fingerprint density at radius 1 is 1.77 bits per heavy atom. The van der Waals surface area contributed by atoms with Crippen molar-refractivity contribution in [3.63, 3.8) is 0 Å². The number of carbonyl (C=O) groups excluding carboxylic acids is 1. The van der Waals surface area contributed by atoms with E-state index in [-0.39, 0.29) is 0 Å². The molecule has 1 fully saturated rings. The zero-order valence-corrected chi connectivity index (χ0v) is 7.32. The van der Waals surface area contributed by atoms with Gasteiger partial charge in [0.1, 0.15) is 12.5 Å². The number of oxazole rings is 1. The predicted octanol–water partition coefficient (Wildman–Crippen LogP) is 0.493. The summed E-state index contributed by atoms with van der Waals surface area (Å²) in [7, 11) is 0.